The van der Waals surface area contributed by atoms with E-state index in [1.54, 1.807) is 0 Å². The molecule has 0 unspecified atom stereocenters. The van der Waals surface area contributed by atoms with Crippen LogP contribution in [-0.2, 0) is 0 Å². The number of aliphatic imine (C=N–C) groups is 1. The van der Waals surface area contributed by atoms with Crippen molar-refractivity contribution in [3.05, 3.63) is 47.7 Å². The molecule has 0 N–H and O–H groups in total. The molecular formula is C10H9N. The maximum absolute atomic E-state index is 4.11. The van der Waals surface area contributed by atoms with Crippen LogP contribution in [0.2, 0.25) is 0 Å². The van der Waals surface area contributed by atoms with E-state index < -0.39 is 0 Å². The molecule has 2 bridgehead atoms. The fraction of sp³-hybridized carbons (Fsp3) is 0.100. The Morgan fingerprint density at radius 2 is 1.91 bits per heavy atom. The molecule has 2 aliphatic rings. The predicted molar refractivity (Wildman–Crippen MR) is 47.6 cm³/mol. The van der Waals surface area contributed by atoms with E-state index in [1.807, 2.05) is 24.6 Å². The highest BCUT2D eigenvalue weighted by molar-refractivity contribution is 5.81. The molecule has 1 nitrogen and oxygen atoms in total. The molecule has 0 spiro atoms. The van der Waals surface area contributed by atoms with E-state index in [0.717, 1.165) is 6.42 Å². The number of allylic oxidation sites excluding steroid dienone is 7. The van der Waals surface area contributed by atoms with E-state index in [9.17, 15) is 0 Å². The molecule has 1 heteroatoms. The molecule has 1 aliphatic carbocycles. The normalized spacial score (nSPS) is 20.4. The van der Waals surface area contributed by atoms with Crippen LogP contribution in [0.25, 0.3) is 0 Å². The Labute approximate surface area is 66.1 Å². The van der Waals surface area contributed by atoms with Crippen LogP contribution in [0.4, 0.5) is 0 Å². The van der Waals surface area contributed by atoms with Crippen LogP contribution in [0, 0.1) is 0 Å². The standard InChI is InChI=1S/C10H9N/c1-2-4-10-7-9(3-1)5-6-11-8-10/h1-6,8H,7H2. The summed E-state index contributed by atoms with van der Waals surface area (Å²) in [5, 5.41) is 0. The van der Waals surface area contributed by atoms with Gasteiger partial charge < -0.3 is 0 Å². The predicted octanol–water partition coefficient (Wildman–Crippen LogP) is 2.40. The third-order valence-corrected chi connectivity index (χ3v) is 1.75. The topological polar surface area (TPSA) is 12.4 Å². The van der Waals surface area contributed by atoms with E-state index in [-0.39, 0.29) is 0 Å². The van der Waals surface area contributed by atoms with Crippen LogP contribution < -0.4 is 0 Å². The Hall–Kier alpha value is -1.37. The first-order valence-electron chi connectivity index (χ1n) is 3.71. The van der Waals surface area contributed by atoms with Gasteiger partial charge in [0.2, 0.25) is 0 Å². The van der Waals surface area contributed by atoms with E-state index >= 15 is 0 Å². The molecule has 0 amide bonds. The van der Waals surface area contributed by atoms with E-state index in [2.05, 4.69) is 23.2 Å². The second-order valence-corrected chi connectivity index (χ2v) is 2.64. The van der Waals surface area contributed by atoms with Crippen LogP contribution >= 0.6 is 0 Å². The zero-order chi connectivity index (χ0) is 7.52. The highest BCUT2D eigenvalue weighted by Gasteiger charge is 2.00. The van der Waals surface area contributed by atoms with E-state index in [4.69, 9.17) is 0 Å². The molecule has 2 rings (SSSR count). The molecular weight excluding hydrogens is 134 g/mol. The van der Waals surface area contributed by atoms with Crippen molar-refractivity contribution < 1.29 is 0 Å². The summed E-state index contributed by atoms with van der Waals surface area (Å²) in [5.41, 5.74) is 2.59. The van der Waals surface area contributed by atoms with Crippen LogP contribution in [0.15, 0.2) is 52.7 Å². The molecule has 0 saturated heterocycles. The average molecular weight is 143 g/mol. The molecule has 0 aromatic rings. The number of hydrogen-bond acceptors (Lipinski definition) is 1. The van der Waals surface area contributed by atoms with Crippen molar-refractivity contribution in [3.8, 4) is 0 Å². The number of nitrogens with zero attached hydrogens (tertiary/aromatic N) is 1. The molecule has 0 aromatic heterocycles. The van der Waals surface area contributed by atoms with Crippen molar-refractivity contribution in [2.24, 2.45) is 4.99 Å². The summed E-state index contributed by atoms with van der Waals surface area (Å²) < 4.78 is 0. The minimum Gasteiger partial charge on any atom is -0.264 e. The lowest BCUT2D eigenvalue weighted by Gasteiger charge is -1.95. The Bertz CT molecular complexity index is 271. The molecule has 0 fully saturated rings. The van der Waals surface area contributed by atoms with Crippen molar-refractivity contribution in [3.63, 3.8) is 0 Å². The highest BCUT2D eigenvalue weighted by Crippen LogP contribution is 2.16. The lowest BCUT2D eigenvalue weighted by atomic mass is 10.1. The number of fused-ring (bicyclic) bond motifs is 2. The summed E-state index contributed by atoms with van der Waals surface area (Å²) in [7, 11) is 0. The first kappa shape index (κ1) is 6.35. The summed E-state index contributed by atoms with van der Waals surface area (Å²) in [4.78, 5) is 4.11. The number of hydrogen-bond donors (Lipinski definition) is 0. The van der Waals surface area contributed by atoms with Crippen molar-refractivity contribution in [1.82, 2.24) is 0 Å². The largest absolute Gasteiger partial charge is 0.264 e. The van der Waals surface area contributed by atoms with Gasteiger partial charge in [-0.25, -0.2) is 0 Å². The van der Waals surface area contributed by atoms with Gasteiger partial charge in [-0.05, 0) is 23.6 Å². The summed E-state index contributed by atoms with van der Waals surface area (Å²) in [6.45, 7) is 0. The molecule has 54 valence electrons. The Morgan fingerprint density at radius 3 is 2.82 bits per heavy atom. The van der Waals surface area contributed by atoms with Gasteiger partial charge in [-0.15, -0.1) is 0 Å². The fourth-order valence-electron chi connectivity index (χ4n) is 1.19. The van der Waals surface area contributed by atoms with Crippen LogP contribution in [0.1, 0.15) is 6.42 Å². The van der Waals surface area contributed by atoms with Gasteiger partial charge >= 0.3 is 0 Å². The van der Waals surface area contributed by atoms with Gasteiger partial charge in [0.25, 0.3) is 0 Å². The summed E-state index contributed by atoms with van der Waals surface area (Å²) in [6, 6.07) is 0. The van der Waals surface area contributed by atoms with Gasteiger partial charge in [0, 0.05) is 12.4 Å². The summed E-state index contributed by atoms with van der Waals surface area (Å²) in [5.74, 6) is 0. The Morgan fingerprint density at radius 1 is 1.09 bits per heavy atom. The SMILES string of the molecule is C1=CC=C2C=NC=CC(=C1)C2. The van der Waals surface area contributed by atoms with Crippen molar-refractivity contribution in [1.29, 1.82) is 0 Å². The monoisotopic (exact) mass is 143 g/mol. The number of rotatable bonds is 0. The van der Waals surface area contributed by atoms with Crippen LogP contribution in [-0.4, -0.2) is 6.21 Å². The van der Waals surface area contributed by atoms with E-state index in [0.29, 0.717) is 0 Å². The zero-order valence-electron chi connectivity index (χ0n) is 6.20. The van der Waals surface area contributed by atoms with Gasteiger partial charge in [-0.2, -0.15) is 0 Å². The summed E-state index contributed by atoms with van der Waals surface area (Å²) in [6.07, 6.45) is 15.1. The van der Waals surface area contributed by atoms with Crippen molar-refractivity contribution in [2.75, 3.05) is 0 Å². The fourth-order valence-corrected chi connectivity index (χ4v) is 1.19. The summed E-state index contributed by atoms with van der Waals surface area (Å²) >= 11 is 0. The van der Waals surface area contributed by atoms with Gasteiger partial charge in [-0.3, -0.25) is 4.99 Å². The maximum Gasteiger partial charge on any atom is 0.0303 e. The first-order valence-corrected chi connectivity index (χ1v) is 3.71. The minimum absolute atomic E-state index is 1.01. The van der Waals surface area contributed by atoms with Gasteiger partial charge in [0.05, 0.1) is 0 Å². The molecule has 0 radical (unpaired) electrons. The minimum atomic E-state index is 1.01. The van der Waals surface area contributed by atoms with Crippen molar-refractivity contribution >= 4 is 6.21 Å². The highest BCUT2D eigenvalue weighted by atomic mass is 14.7. The second kappa shape index (κ2) is 2.70. The smallest absolute Gasteiger partial charge is 0.0303 e. The van der Waals surface area contributed by atoms with Crippen LogP contribution in [0.5, 0.6) is 0 Å². The Kier molecular flexibility index (Phi) is 1.56. The van der Waals surface area contributed by atoms with Crippen LogP contribution in [0.3, 0.4) is 0 Å². The molecule has 0 saturated carbocycles. The molecule has 0 aromatic carbocycles. The average Bonchev–Trinajstić information content (AvgIpc) is 2.36. The quantitative estimate of drug-likeness (QED) is 0.493. The van der Waals surface area contributed by atoms with Gasteiger partial charge in [0.15, 0.2) is 0 Å². The molecule has 1 heterocycles. The third kappa shape index (κ3) is 1.37. The lowest BCUT2D eigenvalue weighted by Crippen LogP contribution is -1.83. The van der Waals surface area contributed by atoms with Gasteiger partial charge in [-0.1, -0.05) is 24.3 Å². The van der Waals surface area contributed by atoms with Gasteiger partial charge in [0.1, 0.15) is 0 Å². The molecule has 1 aliphatic heterocycles. The van der Waals surface area contributed by atoms with E-state index in [1.165, 1.54) is 11.1 Å². The first-order chi connectivity index (χ1) is 5.45. The Balaban J connectivity index is 2.46. The molecule has 0 atom stereocenters. The zero-order valence-corrected chi connectivity index (χ0v) is 6.20. The second-order valence-electron chi connectivity index (χ2n) is 2.64. The van der Waals surface area contributed by atoms with Crippen molar-refractivity contribution in [2.45, 2.75) is 6.42 Å². The third-order valence-electron chi connectivity index (χ3n) is 1.75. The maximum atomic E-state index is 4.11. The molecule has 11 heavy (non-hydrogen) atoms. The lowest BCUT2D eigenvalue weighted by molar-refractivity contribution is 1.26.